The number of hydrogen-bond donors (Lipinski definition) is 2. The third-order valence-electron chi connectivity index (χ3n) is 2.64. The van der Waals surface area contributed by atoms with Crippen LogP contribution in [0.15, 0.2) is 34.2 Å². The summed E-state index contributed by atoms with van der Waals surface area (Å²) in [5.41, 5.74) is 3.91. The van der Waals surface area contributed by atoms with E-state index in [1.54, 1.807) is 18.2 Å². The Balaban J connectivity index is 2.12. The van der Waals surface area contributed by atoms with Gasteiger partial charge in [0.1, 0.15) is 0 Å². The summed E-state index contributed by atoms with van der Waals surface area (Å²) in [4.78, 5) is 18.3. The van der Waals surface area contributed by atoms with Gasteiger partial charge in [0.05, 0.1) is 11.2 Å². The number of benzene rings is 1. The van der Waals surface area contributed by atoms with E-state index in [1.165, 1.54) is 12.3 Å². The van der Waals surface area contributed by atoms with Gasteiger partial charge in [-0.2, -0.15) is 5.10 Å². The molecule has 21 heavy (non-hydrogen) atoms. The Kier molecular flexibility index (Phi) is 5.36. The van der Waals surface area contributed by atoms with Crippen LogP contribution in [0.25, 0.3) is 0 Å². The maximum atomic E-state index is 11.5. The first-order valence-corrected chi connectivity index (χ1v) is 7.18. The van der Waals surface area contributed by atoms with Crippen LogP contribution in [-0.4, -0.2) is 16.2 Å². The Labute approximate surface area is 132 Å². The second-order valence-electron chi connectivity index (χ2n) is 4.37. The molecule has 0 spiro atoms. The van der Waals surface area contributed by atoms with Gasteiger partial charge in [-0.05, 0) is 18.6 Å². The van der Waals surface area contributed by atoms with Crippen LogP contribution >= 0.6 is 23.2 Å². The molecule has 0 aliphatic heterocycles. The Morgan fingerprint density at radius 1 is 1.38 bits per heavy atom. The van der Waals surface area contributed by atoms with Crippen LogP contribution in [0.5, 0.6) is 0 Å². The number of nitrogens with one attached hydrogen (secondary N) is 2. The highest BCUT2D eigenvalue weighted by atomic mass is 35.5. The first-order valence-electron chi connectivity index (χ1n) is 6.43. The molecule has 0 saturated carbocycles. The molecular weight excluding hydrogens is 311 g/mol. The largest absolute Gasteiger partial charge is 0.291 e. The summed E-state index contributed by atoms with van der Waals surface area (Å²) in [6.07, 6.45) is 3.19. The van der Waals surface area contributed by atoms with Gasteiger partial charge in [0, 0.05) is 22.3 Å². The molecule has 2 N–H and O–H groups in total. The highest BCUT2D eigenvalue weighted by molar-refractivity contribution is 6.36. The monoisotopic (exact) mass is 324 g/mol. The van der Waals surface area contributed by atoms with E-state index in [9.17, 15) is 4.79 Å². The van der Waals surface area contributed by atoms with Crippen molar-refractivity contribution in [2.45, 2.75) is 19.8 Å². The van der Waals surface area contributed by atoms with Crippen LogP contribution in [-0.2, 0) is 6.42 Å². The Morgan fingerprint density at radius 2 is 2.19 bits per heavy atom. The standard InChI is InChI=1S/C14H14Cl2N4O/c1-2-3-11-7-13(21)19-14(18-11)20-17-8-9-4-5-10(15)6-12(9)16/h4-8H,2-3H2,1H3,(H2,18,19,20,21)/b17-8+. The van der Waals surface area contributed by atoms with Gasteiger partial charge in [0.2, 0.25) is 5.95 Å². The molecule has 0 radical (unpaired) electrons. The molecule has 7 heteroatoms. The molecule has 0 unspecified atom stereocenters. The SMILES string of the molecule is CCCc1cc(=O)[nH]c(N/N=C/c2ccc(Cl)cc2Cl)n1. The molecule has 1 aromatic carbocycles. The molecule has 2 rings (SSSR count). The topological polar surface area (TPSA) is 70.1 Å². The maximum Gasteiger partial charge on any atom is 0.252 e. The normalized spacial score (nSPS) is 11.0. The minimum Gasteiger partial charge on any atom is -0.291 e. The third kappa shape index (κ3) is 4.58. The fraction of sp³-hybridized carbons (Fsp3) is 0.214. The van der Waals surface area contributed by atoms with E-state index in [2.05, 4.69) is 20.5 Å². The lowest BCUT2D eigenvalue weighted by Gasteiger charge is -2.02. The summed E-state index contributed by atoms with van der Waals surface area (Å²) in [7, 11) is 0. The molecule has 0 saturated heterocycles. The summed E-state index contributed by atoms with van der Waals surface area (Å²) >= 11 is 11.8. The zero-order valence-corrected chi connectivity index (χ0v) is 12.9. The second-order valence-corrected chi connectivity index (χ2v) is 5.21. The molecule has 2 aromatic rings. The number of aryl methyl sites for hydroxylation is 1. The van der Waals surface area contributed by atoms with Crippen molar-refractivity contribution >= 4 is 35.4 Å². The van der Waals surface area contributed by atoms with Crippen molar-refractivity contribution < 1.29 is 0 Å². The first kappa shape index (κ1) is 15.5. The Bertz CT molecular complexity index is 712. The number of hydrogen-bond acceptors (Lipinski definition) is 4. The van der Waals surface area contributed by atoms with Gasteiger partial charge in [0.15, 0.2) is 0 Å². The van der Waals surface area contributed by atoms with Gasteiger partial charge in [0.25, 0.3) is 5.56 Å². The van der Waals surface area contributed by atoms with E-state index in [4.69, 9.17) is 23.2 Å². The minimum atomic E-state index is -0.212. The molecule has 0 bridgehead atoms. The zero-order valence-electron chi connectivity index (χ0n) is 11.4. The van der Waals surface area contributed by atoms with Gasteiger partial charge < -0.3 is 0 Å². The Morgan fingerprint density at radius 3 is 2.90 bits per heavy atom. The summed E-state index contributed by atoms with van der Waals surface area (Å²) in [6.45, 7) is 2.02. The van der Waals surface area contributed by atoms with Crippen molar-refractivity contribution in [3.8, 4) is 0 Å². The number of rotatable bonds is 5. The van der Waals surface area contributed by atoms with E-state index in [0.717, 1.165) is 18.5 Å². The highest BCUT2D eigenvalue weighted by Crippen LogP contribution is 2.19. The summed E-state index contributed by atoms with van der Waals surface area (Å²) < 4.78 is 0. The molecular formula is C14H14Cl2N4O. The van der Waals surface area contributed by atoms with Gasteiger partial charge in [-0.15, -0.1) is 0 Å². The predicted molar refractivity (Wildman–Crippen MR) is 86.5 cm³/mol. The lowest BCUT2D eigenvalue weighted by atomic mass is 10.2. The van der Waals surface area contributed by atoms with Crippen LogP contribution in [0, 0.1) is 0 Å². The van der Waals surface area contributed by atoms with Crippen molar-refractivity contribution in [2.24, 2.45) is 5.10 Å². The molecule has 0 amide bonds. The van der Waals surface area contributed by atoms with Crippen molar-refractivity contribution in [1.29, 1.82) is 0 Å². The molecule has 5 nitrogen and oxygen atoms in total. The van der Waals surface area contributed by atoms with Crippen LogP contribution in [0.4, 0.5) is 5.95 Å². The van der Waals surface area contributed by atoms with E-state index >= 15 is 0 Å². The van der Waals surface area contributed by atoms with Gasteiger partial charge in [-0.3, -0.25) is 9.78 Å². The van der Waals surface area contributed by atoms with Crippen LogP contribution in [0.2, 0.25) is 10.0 Å². The quantitative estimate of drug-likeness (QED) is 0.653. The summed E-state index contributed by atoms with van der Waals surface area (Å²) in [6, 6.07) is 6.58. The number of nitrogens with zero attached hydrogens (tertiary/aromatic N) is 2. The zero-order chi connectivity index (χ0) is 15.2. The van der Waals surface area contributed by atoms with E-state index in [1.807, 2.05) is 6.92 Å². The maximum absolute atomic E-state index is 11.5. The van der Waals surface area contributed by atoms with Crippen molar-refractivity contribution in [3.05, 3.63) is 55.9 Å². The van der Waals surface area contributed by atoms with Gasteiger partial charge >= 0.3 is 0 Å². The lowest BCUT2D eigenvalue weighted by molar-refractivity contribution is 0.867. The molecule has 0 aliphatic carbocycles. The van der Waals surface area contributed by atoms with Gasteiger partial charge in [-0.1, -0.05) is 42.6 Å². The second kappa shape index (κ2) is 7.24. The fourth-order valence-electron chi connectivity index (χ4n) is 1.71. The fourth-order valence-corrected chi connectivity index (χ4v) is 2.17. The third-order valence-corrected chi connectivity index (χ3v) is 3.20. The average Bonchev–Trinajstić information content (AvgIpc) is 2.41. The van der Waals surface area contributed by atoms with E-state index in [-0.39, 0.29) is 5.56 Å². The highest BCUT2D eigenvalue weighted by Gasteiger charge is 2.00. The van der Waals surface area contributed by atoms with E-state index in [0.29, 0.717) is 21.6 Å². The number of aromatic amines is 1. The Hall–Kier alpha value is -1.85. The number of hydrazone groups is 1. The predicted octanol–water partition coefficient (Wildman–Crippen LogP) is 3.48. The number of H-pyrrole nitrogens is 1. The minimum absolute atomic E-state index is 0.212. The lowest BCUT2D eigenvalue weighted by Crippen LogP contribution is -2.12. The number of anilines is 1. The summed E-state index contributed by atoms with van der Waals surface area (Å²) in [5.74, 6) is 0.298. The van der Waals surface area contributed by atoms with Crippen molar-refractivity contribution in [2.75, 3.05) is 5.43 Å². The number of aromatic nitrogens is 2. The average molecular weight is 325 g/mol. The molecule has 0 aliphatic rings. The molecule has 110 valence electrons. The van der Waals surface area contributed by atoms with Gasteiger partial charge in [-0.25, -0.2) is 10.4 Å². The first-order chi connectivity index (χ1) is 10.1. The summed E-state index contributed by atoms with van der Waals surface area (Å²) in [5, 5.41) is 5.06. The molecule has 1 heterocycles. The van der Waals surface area contributed by atoms with Crippen LogP contribution in [0.3, 0.4) is 0 Å². The molecule has 0 fully saturated rings. The van der Waals surface area contributed by atoms with Crippen LogP contribution < -0.4 is 11.0 Å². The van der Waals surface area contributed by atoms with Crippen molar-refractivity contribution in [3.63, 3.8) is 0 Å². The molecule has 0 atom stereocenters. The van der Waals surface area contributed by atoms with Crippen LogP contribution in [0.1, 0.15) is 24.6 Å². The smallest absolute Gasteiger partial charge is 0.252 e. The molecule has 1 aromatic heterocycles. The number of halogens is 2. The van der Waals surface area contributed by atoms with E-state index < -0.39 is 0 Å². The van der Waals surface area contributed by atoms with Crippen molar-refractivity contribution in [1.82, 2.24) is 9.97 Å².